The van der Waals surface area contributed by atoms with E-state index in [9.17, 15) is 5.11 Å². The van der Waals surface area contributed by atoms with Gasteiger partial charge in [0.1, 0.15) is 17.1 Å². The first-order chi connectivity index (χ1) is 11.2. The standard InChI is InChI=1S/C21H24O2/c1-3-5-6-7-15-8-11-19(16(4-2)12-15)21-13-17-9-10-18(22)14-20(17)23-21/h8-14,22H,3-7H2,1-2H3. The van der Waals surface area contributed by atoms with Gasteiger partial charge in [-0.2, -0.15) is 0 Å². The third-order valence-electron chi connectivity index (χ3n) is 4.39. The summed E-state index contributed by atoms with van der Waals surface area (Å²) in [6.45, 7) is 4.42. The number of furan rings is 1. The number of hydrogen-bond donors (Lipinski definition) is 1. The van der Waals surface area contributed by atoms with Crippen LogP contribution < -0.4 is 0 Å². The van der Waals surface area contributed by atoms with Crippen LogP contribution in [-0.4, -0.2) is 5.11 Å². The molecule has 0 radical (unpaired) electrons. The van der Waals surface area contributed by atoms with Crippen molar-refractivity contribution in [3.8, 4) is 17.1 Å². The molecule has 2 aromatic carbocycles. The zero-order valence-corrected chi connectivity index (χ0v) is 13.9. The largest absolute Gasteiger partial charge is 0.508 e. The highest BCUT2D eigenvalue weighted by Gasteiger charge is 2.11. The predicted molar refractivity (Wildman–Crippen MR) is 95.9 cm³/mol. The lowest BCUT2D eigenvalue weighted by Crippen LogP contribution is -1.92. The normalized spacial score (nSPS) is 11.2. The van der Waals surface area contributed by atoms with Gasteiger partial charge in [-0.25, -0.2) is 0 Å². The molecule has 1 heterocycles. The summed E-state index contributed by atoms with van der Waals surface area (Å²) in [6.07, 6.45) is 5.93. The molecule has 0 spiro atoms. The van der Waals surface area contributed by atoms with Crippen molar-refractivity contribution in [1.82, 2.24) is 0 Å². The van der Waals surface area contributed by atoms with Gasteiger partial charge >= 0.3 is 0 Å². The fourth-order valence-corrected chi connectivity index (χ4v) is 3.07. The van der Waals surface area contributed by atoms with Crippen molar-refractivity contribution in [3.05, 3.63) is 53.6 Å². The molecular weight excluding hydrogens is 284 g/mol. The first kappa shape index (κ1) is 15.7. The molecule has 3 aromatic rings. The monoisotopic (exact) mass is 308 g/mol. The molecule has 2 heteroatoms. The Morgan fingerprint density at radius 2 is 1.83 bits per heavy atom. The minimum Gasteiger partial charge on any atom is -0.508 e. The van der Waals surface area contributed by atoms with Crippen LogP contribution in [0.25, 0.3) is 22.3 Å². The molecule has 0 unspecified atom stereocenters. The fraction of sp³-hybridized carbons (Fsp3) is 0.333. The molecule has 0 amide bonds. The Kier molecular flexibility index (Phi) is 4.71. The van der Waals surface area contributed by atoms with Crippen LogP contribution in [0.1, 0.15) is 44.2 Å². The molecule has 120 valence electrons. The van der Waals surface area contributed by atoms with Crippen LogP contribution in [0, 0.1) is 0 Å². The number of phenolic OH excluding ortho intramolecular Hbond substituents is 1. The zero-order valence-electron chi connectivity index (χ0n) is 13.9. The Bertz CT molecular complexity index is 799. The van der Waals surface area contributed by atoms with Gasteiger partial charge in [0, 0.05) is 17.0 Å². The van der Waals surface area contributed by atoms with Crippen LogP contribution >= 0.6 is 0 Å². The smallest absolute Gasteiger partial charge is 0.138 e. The van der Waals surface area contributed by atoms with Gasteiger partial charge in [0.05, 0.1) is 0 Å². The van der Waals surface area contributed by atoms with Gasteiger partial charge in [0.2, 0.25) is 0 Å². The summed E-state index contributed by atoms with van der Waals surface area (Å²) in [6, 6.07) is 14.0. The maximum atomic E-state index is 9.59. The van der Waals surface area contributed by atoms with Crippen molar-refractivity contribution >= 4 is 11.0 Å². The van der Waals surface area contributed by atoms with Gasteiger partial charge in [0.15, 0.2) is 0 Å². The van der Waals surface area contributed by atoms with E-state index in [4.69, 9.17) is 4.42 Å². The van der Waals surface area contributed by atoms with E-state index < -0.39 is 0 Å². The molecule has 0 aliphatic carbocycles. The second-order valence-corrected chi connectivity index (χ2v) is 6.13. The van der Waals surface area contributed by atoms with Crippen molar-refractivity contribution in [2.75, 3.05) is 0 Å². The number of phenols is 1. The Balaban J connectivity index is 1.93. The maximum absolute atomic E-state index is 9.59. The summed E-state index contributed by atoms with van der Waals surface area (Å²) in [5.74, 6) is 1.11. The van der Waals surface area contributed by atoms with E-state index in [-0.39, 0.29) is 5.75 Å². The molecule has 3 rings (SSSR count). The number of unbranched alkanes of at least 4 members (excludes halogenated alkanes) is 2. The van der Waals surface area contributed by atoms with Crippen LogP contribution in [0.4, 0.5) is 0 Å². The SMILES string of the molecule is CCCCCc1ccc(-c2cc3ccc(O)cc3o2)c(CC)c1. The average molecular weight is 308 g/mol. The lowest BCUT2D eigenvalue weighted by atomic mass is 9.97. The van der Waals surface area contributed by atoms with Crippen LogP contribution in [0.3, 0.4) is 0 Å². The van der Waals surface area contributed by atoms with Crippen LogP contribution in [0.2, 0.25) is 0 Å². The van der Waals surface area contributed by atoms with Crippen LogP contribution in [0.5, 0.6) is 5.75 Å². The van der Waals surface area contributed by atoms with Crippen molar-refractivity contribution in [1.29, 1.82) is 0 Å². The topological polar surface area (TPSA) is 33.4 Å². The van der Waals surface area contributed by atoms with Gasteiger partial charge < -0.3 is 9.52 Å². The van der Waals surface area contributed by atoms with E-state index in [1.165, 1.54) is 30.4 Å². The molecule has 1 aromatic heterocycles. The lowest BCUT2D eigenvalue weighted by Gasteiger charge is -2.08. The second-order valence-electron chi connectivity index (χ2n) is 6.13. The Labute approximate surface area is 137 Å². The Morgan fingerprint density at radius 1 is 0.957 bits per heavy atom. The lowest BCUT2D eigenvalue weighted by molar-refractivity contribution is 0.474. The minimum atomic E-state index is 0.236. The zero-order chi connectivity index (χ0) is 16.2. The number of rotatable bonds is 6. The van der Waals surface area contributed by atoms with Gasteiger partial charge in [-0.1, -0.05) is 44.9 Å². The number of hydrogen-bond acceptors (Lipinski definition) is 2. The third-order valence-corrected chi connectivity index (χ3v) is 4.39. The summed E-state index contributed by atoms with van der Waals surface area (Å²) in [4.78, 5) is 0. The molecule has 0 aliphatic heterocycles. The molecular formula is C21H24O2. The van der Waals surface area contributed by atoms with Crippen LogP contribution in [0.15, 0.2) is 46.9 Å². The maximum Gasteiger partial charge on any atom is 0.138 e. The van der Waals surface area contributed by atoms with Gasteiger partial charge in [-0.15, -0.1) is 0 Å². The number of aryl methyl sites for hydroxylation is 2. The quantitative estimate of drug-likeness (QED) is 0.558. The van der Waals surface area contributed by atoms with E-state index >= 15 is 0 Å². The summed E-state index contributed by atoms with van der Waals surface area (Å²) >= 11 is 0. The van der Waals surface area contributed by atoms with E-state index in [0.29, 0.717) is 0 Å². The average Bonchev–Trinajstić information content (AvgIpc) is 2.97. The number of fused-ring (bicyclic) bond motifs is 1. The molecule has 0 atom stereocenters. The first-order valence-corrected chi connectivity index (χ1v) is 8.56. The molecule has 0 saturated heterocycles. The molecule has 23 heavy (non-hydrogen) atoms. The molecule has 2 nitrogen and oxygen atoms in total. The first-order valence-electron chi connectivity index (χ1n) is 8.56. The summed E-state index contributed by atoms with van der Waals surface area (Å²) in [5, 5.41) is 10.6. The summed E-state index contributed by atoms with van der Waals surface area (Å²) < 4.78 is 5.96. The van der Waals surface area contributed by atoms with E-state index in [0.717, 1.165) is 35.1 Å². The Hall–Kier alpha value is -2.22. The third kappa shape index (κ3) is 3.42. The van der Waals surface area contributed by atoms with Crippen LogP contribution in [-0.2, 0) is 12.8 Å². The molecule has 0 fully saturated rings. The fourth-order valence-electron chi connectivity index (χ4n) is 3.07. The molecule has 0 aliphatic rings. The van der Waals surface area contributed by atoms with Crippen molar-refractivity contribution in [2.45, 2.75) is 46.0 Å². The second kappa shape index (κ2) is 6.91. The molecule has 1 N–H and O–H groups in total. The minimum absolute atomic E-state index is 0.236. The highest BCUT2D eigenvalue weighted by molar-refractivity contribution is 5.84. The van der Waals surface area contributed by atoms with E-state index in [1.54, 1.807) is 12.1 Å². The highest BCUT2D eigenvalue weighted by Crippen LogP contribution is 2.32. The molecule has 0 bridgehead atoms. The van der Waals surface area contributed by atoms with Crippen molar-refractivity contribution in [2.24, 2.45) is 0 Å². The Morgan fingerprint density at radius 3 is 2.61 bits per heavy atom. The van der Waals surface area contributed by atoms with Crippen molar-refractivity contribution in [3.63, 3.8) is 0 Å². The van der Waals surface area contributed by atoms with E-state index in [1.807, 2.05) is 6.07 Å². The van der Waals surface area contributed by atoms with Gasteiger partial charge in [0.25, 0.3) is 0 Å². The number of benzene rings is 2. The molecule has 0 saturated carbocycles. The number of aromatic hydroxyl groups is 1. The summed E-state index contributed by atoms with van der Waals surface area (Å²) in [7, 11) is 0. The van der Waals surface area contributed by atoms with Gasteiger partial charge in [-0.3, -0.25) is 0 Å². The van der Waals surface area contributed by atoms with Gasteiger partial charge in [-0.05, 0) is 48.6 Å². The van der Waals surface area contributed by atoms with Crippen molar-refractivity contribution < 1.29 is 9.52 Å². The van der Waals surface area contributed by atoms with E-state index in [2.05, 4.69) is 38.1 Å². The predicted octanol–water partition coefficient (Wildman–Crippen LogP) is 6.10. The highest BCUT2D eigenvalue weighted by atomic mass is 16.3. The summed E-state index contributed by atoms with van der Waals surface area (Å²) in [5.41, 5.74) is 4.62.